The molecule has 1 fully saturated rings. The van der Waals surface area contributed by atoms with Gasteiger partial charge in [0.2, 0.25) is 0 Å². The average molecular weight is 251 g/mol. The lowest BCUT2D eigenvalue weighted by molar-refractivity contribution is 0.0545. The summed E-state index contributed by atoms with van der Waals surface area (Å²) in [5.74, 6) is 1.85. The Hall–Kier alpha value is -0.800. The second-order valence-electron chi connectivity index (χ2n) is 5.42. The van der Waals surface area contributed by atoms with Gasteiger partial charge in [-0.15, -0.1) is 0 Å². The van der Waals surface area contributed by atoms with E-state index in [2.05, 4.69) is 25.2 Å². The molecule has 1 saturated heterocycles. The van der Waals surface area contributed by atoms with Gasteiger partial charge in [0.05, 0.1) is 6.26 Å². The van der Waals surface area contributed by atoms with Crippen molar-refractivity contribution in [1.29, 1.82) is 0 Å². The SMILES string of the molecule is CC(CCc1ccco1)NC(C)C1CCOCC1. The Bertz CT molecular complexity index is 317. The molecule has 0 aromatic carbocycles. The average Bonchev–Trinajstić information content (AvgIpc) is 2.90. The number of rotatable bonds is 6. The van der Waals surface area contributed by atoms with Gasteiger partial charge < -0.3 is 14.5 Å². The van der Waals surface area contributed by atoms with E-state index in [0.29, 0.717) is 12.1 Å². The van der Waals surface area contributed by atoms with Gasteiger partial charge in [-0.05, 0) is 51.2 Å². The molecule has 1 aliphatic heterocycles. The highest BCUT2D eigenvalue weighted by Crippen LogP contribution is 2.19. The maximum Gasteiger partial charge on any atom is 0.103 e. The van der Waals surface area contributed by atoms with Crippen molar-refractivity contribution >= 4 is 0 Å². The number of hydrogen-bond acceptors (Lipinski definition) is 3. The predicted octanol–water partition coefficient (Wildman–Crippen LogP) is 3.01. The van der Waals surface area contributed by atoms with E-state index in [1.165, 1.54) is 12.8 Å². The van der Waals surface area contributed by atoms with Crippen LogP contribution >= 0.6 is 0 Å². The zero-order valence-electron chi connectivity index (χ0n) is 11.5. The van der Waals surface area contributed by atoms with Gasteiger partial charge in [0.15, 0.2) is 0 Å². The van der Waals surface area contributed by atoms with E-state index in [9.17, 15) is 0 Å². The summed E-state index contributed by atoms with van der Waals surface area (Å²) in [5.41, 5.74) is 0. The summed E-state index contributed by atoms with van der Waals surface area (Å²) in [6, 6.07) is 5.13. The second-order valence-corrected chi connectivity index (χ2v) is 5.42. The second kappa shape index (κ2) is 6.95. The van der Waals surface area contributed by atoms with Gasteiger partial charge in [0.1, 0.15) is 5.76 Å². The highest BCUT2D eigenvalue weighted by molar-refractivity contribution is 4.98. The minimum atomic E-state index is 0.535. The molecule has 1 aliphatic rings. The molecule has 0 spiro atoms. The first-order chi connectivity index (χ1) is 8.75. The summed E-state index contributed by atoms with van der Waals surface area (Å²) in [5, 5.41) is 3.71. The van der Waals surface area contributed by atoms with Gasteiger partial charge in [-0.3, -0.25) is 0 Å². The molecule has 2 rings (SSSR count). The van der Waals surface area contributed by atoms with Crippen molar-refractivity contribution in [2.75, 3.05) is 13.2 Å². The van der Waals surface area contributed by atoms with Crippen LogP contribution in [0.2, 0.25) is 0 Å². The lowest BCUT2D eigenvalue weighted by atomic mass is 9.92. The van der Waals surface area contributed by atoms with Crippen LogP contribution < -0.4 is 5.32 Å². The van der Waals surface area contributed by atoms with Crippen LogP contribution in [-0.4, -0.2) is 25.3 Å². The summed E-state index contributed by atoms with van der Waals surface area (Å²) < 4.78 is 10.8. The van der Waals surface area contributed by atoms with Crippen LogP contribution in [0, 0.1) is 5.92 Å². The van der Waals surface area contributed by atoms with Gasteiger partial charge >= 0.3 is 0 Å². The topological polar surface area (TPSA) is 34.4 Å². The minimum absolute atomic E-state index is 0.535. The summed E-state index contributed by atoms with van der Waals surface area (Å²) in [7, 11) is 0. The van der Waals surface area contributed by atoms with Crippen LogP contribution in [0.3, 0.4) is 0 Å². The molecule has 1 aromatic rings. The van der Waals surface area contributed by atoms with Crippen LogP contribution in [-0.2, 0) is 11.2 Å². The lowest BCUT2D eigenvalue weighted by Gasteiger charge is -2.30. The van der Waals surface area contributed by atoms with E-state index in [-0.39, 0.29) is 0 Å². The number of hydrogen-bond donors (Lipinski definition) is 1. The van der Waals surface area contributed by atoms with E-state index >= 15 is 0 Å². The molecule has 102 valence electrons. The van der Waals surface area contributed by atoms with Crippen LogP contribution in [0.5, 0.6) is 0 Å². The van der Waals surface area contributed by atoms with Crippen molar-refractivity contribution in [3.8, 4) is 0 Å². The largest absolute Gasteiger partial charge is 0.469 e. The Morgan fingerprint density at radius 3 is 2.78 bits per heavy atom. The molecule has 2 unspecified atom stereocenters. The highest BCUT2D eigenvalue weighted by Gasteiger charge is 2.21. The molecule has 2 heterocycles. The maximum absolute atomic E-state index is 5.41. The Morgan fingerprint density at radius 2 is 2.11 bits per heavy atom. The van der Waals surface area contributed by atoms with Crippen LogP contribution in [0.1, 0.15) is 38.9 Å². The molecule has 18 heavy (non-hydrogen) atoms. The Balaban J connectivity index is 1.67. The molecule has 3 nitrogen and oxygen atoms in total. The third kappa shape index (κ3) is 4.14. The third-order valence-corrected chi connectivity index (χ3v) is 3.92. The number of ether oxygens (including phenoxy) is 1. The van der Waals surface area contributed by atoms with E-state index in [4.69, 9.17) is 9.15 Å². The van der Waals surface area contributed by atoms with E-state index in [1.54, 1.807) is 6.26 Å². The zero-order chi connectivity index (χ0) is 12.8. The minimum Gasteiger partial charge on any atom is -0.469 e. The summed E-state index contributed by atoms with van der Waals surface area (Å²) in [4.78, 5) is 0. The molecule has 0 saturated carbocycles. The number of nitrogens with one attached hydrogen (secondary N) is 1. The molecule has 0 amide bonds. The normalized spacial score (nSPS) is 20.8. The molecule has 1 aromatic heterocycles. The standard InChI is InChI=1S/C15H25NO2/c1-12(5-6-15-4-3-9-18-15)16-13(2)14-7-10-17-11-8-14/h3-4,9,12-14,16H,5-8,10-11H2,1-2H3. The van der Waals surface area contributed by atoms with Crippen molar-refractivity contribution in [2.24, 2.45) is 5.92 Å². The molecule has 2 atom stereocenters. The fourth-order valence-electron chi connectivity index (χ4n) is 2.70. The Kier molecular flexibility index (Phi) is 5.26. The molecule has 0 bridgehead atoms. The van der Waals surface area contributed by atoms with Crippen molar-refractivity contribution in [2.45, 2.75) is 51.6 Å². The lowest BCUT2D eigenvalue weighted by Crippen LogP contribution is -2.41. The van der Waals surface area contributed by atoms with Gasteiger partial charge in [0.25, 0.3) is 0 Å². The Morgan fingerprint density at radius 1 is 1.33 bits per heavy atom. The van der Waals surface area contributed by atoms with Gasteiger partial charge in [-0.1, -0.05) is 0 Å². The fraction of sp³-hybridized carbons (Fsp3) is 0.733. The first kappa shape index (κ1) is 13.6. The molecular formula is C15H25NO2. The first-order valence-corrected chi connectivity index (χ1v) is 7.12. The van der Waals surface area contributed by atoms with Crippen molar-refractivity contribution in [3.63, 3.8) is 0 Å². The Labute approximate surface area is 110 Å². The van der Waals surface area contributed by atoms with Crippen molar-refractivity contribution in [3.05, 3.63) is 24.2 Å². The molecule has 0 aliphatic carbocycles. The molecule has 0 radical (unpaired) electrons. The molecule has 1 N–H and O–H groups in total. The maximum atomic E-state index is 5.41. The fourth-order valence-corrected chi connectivity index (χ4v) is 2.70. The van der Waals surface area contributed by atoms with Crippen LogP contribution in [0.4, 0.5) is 0 Å². The van der Waals surface area contributed by atoms with Gasteiger partial charge in [0, 0.05) is 31.7 Å². The van der Waals surface area contributed by atoms with E-state index in [0.717, 1.165) is 37.7 Å². The quantitative estimate of drug-likeness (QED) is 0.844. The summed E-state index contributed by atoms with van der Waals surface area (Å²) in [6.45, 7) is 6.42. The monoisotopic (exact) mass is 251 g/mol. The zero-order valence-corrected chi connectivity index (χ0v) is 11.5. The predicted molar refractivity (Wildman–Crippen MR) is 72.6 cm³/mol. The third-order valence-electron chi connectivity index (χ3n) is 3.92. The smallest absolute Gasteiger partial charge is 0.103 e. The molecule has 3 heteroatoms. The summed E-state index contributed by atoms with van der Waals surface area (Å²) >= 11 is 0. The van der Waals surface area contributed by atoms with Gasteiger partial charge in [-0.2, -0.15) is 0 Å². The van der Waals surface area contributed by atoms with Crippen molar-refractivity contribution < 1.29 is 9.15 Å². The van der Waals surface area contributed by atoms with E-state index in [1.807, 2.05) is 6.07 Å². The van der Waals surface area contributed by atoms with Gasteiger partial charge in [-0.25, -0.2) is 0 Å². The molecular weight excluding hydrogens is 226 g/mol. The number of furan rings is 1. The highest BCUT2D eigenvalue weighted by atomic mass is 16.5. The van der Waals surface area contributed by atoms with Crippen LogP contribution in [0.25, 0.3) is 0 Å². The van der Waals surface area contributed by atoms with Crippen molar-refractivity contribution in [1.82, 2.24) is 5.32 Å². The first-order valence-electron chi connectivity index (χ1n) is 7.12. The van der Waals surface area contributed by atoms with Crippen LogP contribution in [0.15, 0.2) is 22.8 Å². The number of aryl methyl sites for hydroxylation is 1. The summed E-state index contributed by atoms with van der Waals surface area (Å²) in [6.07, 6.45) is 6.28. The van der Waals surface area contributed by atoms with E-state index < -0.39 is 0 Å².